The molecule has 1 heterocycles. The number of fused-ring (bicyclic) bond motifs is 3. The summed E-state index contributed by atoms with van der Waals surface area (Å²) in [4.78, 5) is 38.9. The highest BCUT2D eigenvalue weighted by Gasteiger charge is 2.51. The van der Waals surface area contributed by atoms with Crippen molar-refractivity contribution in [3.8, 4) is 0 Å². The number of ether oxygens (including phenoxy) is 1. The van der Waals surface area contributed by atoms with Crippen LogP contribution in [0.15, 0.2) is 12.2 Å². The second-order valence-electron chi connectivity index (χ2n) is 8.37. The van der Waals surface area contributed by atoms with E-state index in [2.05, 4.69) is 5.32 Å². The van der Waals surface area contributed by atoms with Crippen LogP contribution < -0.4 is 5.32 Å². The molecule has 3 aliphatic rings. The molecule has 3 aliphatic carbocycles. The SMILES string of the molecule is CC[C@@H](C)OC(=O)c1c(NC(=O)[C@H]2[C@@H](C(=O)O)[C@H]3C=C[C@H]2C3)sc2c1CCCC2. The van der Waals surface area contributed by atoms with Gasteiger partial charge in [-0.15, -0.1) is 11.3 Å². The molecule has 2 bridgehead atoms. The third-order valence-corrected chi connectivity index (χ3v) is 7.75. The number of allylic oxidation sites excluding steroid dienone is 2. The first-order chi connectivity index (χ1) is 13.9. The number of nitrogens with one attached hydrogen (secondary N) is 1. The molecule has 2 N–H and O–H groups in total. The zero-order valence-corrected chi connectivity index (χ0v) is 17.6. The molecule has 0 aliphatic heterocycles. The van der Waals surface area contributed by atoms with E-state index in [0.29, 0.717) is 17.0 Å². The molecular formula is C22H27NO5S. The summed E-state index contributed by atoms with van der Waals surface area (Å²) in [6.45, 7) is 3.81. The van der Waals surface area contributed by atoms with E-state index < -0.39 is 23.8 Å². The monoisotopic (exact) mass is 417 g/mol. The predicted octanol–water partition coefficient (Wildman–Crippen LogP) is 4.04. The van der Waals surface area contributed by atoms with Crippen LogP contribution in [-0.4, -0.2) is 29.1 Å². The Morgan fingerprint density at radius 2 is 1.90 bits per heavy atom. The minimum atomic E-state index is -0.927. The lowest BCUT2D eigenvalue weighted by Gasteiger charge is -2.23. The minimum Gasteiger partial charge on any atom is -0.481 e. The van der Waals surface area contributed by atoms with Crippen molar-refractivity contribution in [1.29, 1.82) is 0 Å². The van der Waals surface area contributed by atoms with Gasteiger partial charge in [-0.2, -0.15) is 0 Å². The average Bonchev–Trinajstić information content (AvgIpc) is 3.39. The zero-order valence-electron chi connectivity index (χ0n) is 16.8. The standard InChI is InChI=1S/C22H27NO5S/c1-3-11(2)28-22(27)18-14-6-4-5-7-15(14)29-20(18)23-19(24)16-12-8-9-13(10-12)17(16)21(25)26/h8-9,11-13,16-17H,3-7,10H2,1-2H3,(H,23,24)(H,25,26)/t11-,12+,13+,16-,17+/m1/s1. The molecule has 0 radical (unpaired) electrons. The summed E-state index contributed by atoms with van der Waals surface area (Å²) in [5.41, 5.74) is 1.47. The summed E-state index contributed by atoms with van der Waals surface area (Å²) in [6.07, 6.45) is 8.90. The molecule has 1 amide bonds. The third-order valence-electron chi connectivity index (χ3n) is 6.54. The topological polar surface area (TPSA) is 92.7 Å². The van der Waals surface area contributed by atoms with Crippen molar-refractivity contribution in [2.24, 2.45) is 23.7 Å². The summed E-state index contributed by atoms with van der Waals surface area (Å²) < 4.78 is 5.58. The molecule has 6 nitrogen and oxygen atoms in total. The van der Waals surface area contributed by atoms with Crippen LogP contribution in [0.5, 0.6) is 0 Å². The summed E-state index contributed by atoms with van der Waals surface area (Å²) in [5.74, 6) is -3.05. The highest BCUT2D eigenvalue weighted by Crippen LogP contribution is 2.49. The fraction of sp³-hybridized carbons (Fsp3) is 0.591. The quantitative estimate of drug-likeness (QED) is 0.538. The first-order valence-electron chi connectivity index (χ1n) is 10.5. The molecule has 156 valence electrons. The minimum absolute atomic E-state index is 0.0498. The zero-order chi connectivity index (χ0) is 20.7. The number of carbonyl (C=O) groups excluding carboxylic acids is 2. The number of esters is 1. The Kier molecular flexibility index (Phi) is 5.51. The molecule has 4 rings (SSSR count). The van der Waals surface area contributed by atoms with E-state index in [0.717, 1.165) is 42.5 Å². The lowest BCUT2D eigenvalue weighted by Crippen LogP contribution is -2.36. The van der Waals surface area contributed by atoms with Crippen molar-refractivity contribution in [3.63, 3.8) is 0 Å². The van der Waals surface area contributed by atoms with Gasteiger partial charge in [0.15, 0.2) is 0 Å². The smallest absolute Gasteiger partial charge is 0.341 e. The van der Waals surface area contributed by atoms with E-state index in [4.69, 9.17) is 4.74 Å². The van der Waals surface area contributed by atoms with E-state index in [1.165, 1.54) is 11.3 Å². The van der Waals surface area contributed by atoms with Crippen LogP contribution in [0.3, 0.4) is 0 Å². The van der Waals surface area contributed by atoms with Crippen LogP contribution in [0.4, 0.5) is 5.00 Å². The average molecular weight is 418 g/mol. The van der Waals surface area contributed by atoms with Crippen LogP contribution in [0.2, 0.25) is 0 Å². The largest absolute Gasteiger partial charge is 0.481 e. The highest BCUT2D eigenvalue weighted by molar-refractivity contribution is 7.17. The van der Waals surface area contributed by atoms with E-state index in [9.17, 15) is 19.5 Å². The van der Waals surface area contributed by atoms with E-state index in [1.807, 2.05) is 26.0 Å². The summed E-state index contributed by atoms with van der Waals surface area (Å²) in [6, 6.07) is 0. The van der Waals surface area contributed by atoms with Crippen molar-refractivity contribution in [2.75, 3.05) is 5.32 Å². The van der Waals surface area contributed by atoms with Crippen LogP contribution >= 0.6 is 11.3 Å². The number of anilines is 1. The van der Waals surface area contributed by atoms with Gasteiger partial charge >= 0.3 is 11.9 Å². The molecule has 5 atom stereocenters. The number of rotatable bonds is 6. The number of carboxylic acids is 1. The van der Waals surface area contributed by atoms with Gasteiger partial charge in [-0.1, -0.05) is 19.1 Å². The van der Waals surface area contributed by atoms with Gasteiger partial charge in [0.1, 0.15) is 5.00 Å². The number of hydrogen-bond acceptors (Lipinski definition) is 5. The van der Waals surface area contributed by atoms with Crippen molar-refractivity contribution in [3.05, 3.63) is 28.2 Å². The maximum Gasteiger partial charge on any atom is 0.341 e. The van der Waals surface area contributed by atoms with Gasteiger partial charge < -0.3 is 15.2 Å². The predicted molar refractivity (Wildman–Crippen MR) is 110 cm³/mol. The number of carboxylic acid groups (broad SMARTS) is 1. The number of hydrogen-bond donors (Lipinski definition) is 2. The second kappa shape index (κ2) is 7.94. The van der Waals surface area contributed by atoms with Crippen molar-refractivity contribution < 1.29 is 24.2 Å². The fourth-order valence-corrected chi connectivity index (χ4v) is 6.19. The van der Waals surface area contributed by atoms with Gasteiger partial charge in [0.2, 0.25) is 5.91 Å². The lowest BCUT2D eigenvalue weighted by molar-refractivity contribution is -0.146. The van der Waals surface area contributed by atoms with Crippen molar-refractivity contribution in [2.45, 2.75) is 58.5 Å². The lowest BCUT2D eigenvalue weighted by atomic mass is 9.82. The van der Waals surface area contributed by atoms with Crippen molar-refractivity contribution >= 4 is 34.2 Å². The molecule has 0 saturated heterocycles. The first-order valence-corrected chi connectivity index (χ1v) is 11.3. The van der Waals surface area contributed by atoms with E-state index in [-0.39, 0.29) is 23.8 Å². The first kappa shape index (κ1) is 20.1. The Morgan fingerprint density at radius 1 is 1.21 bits per heavy atom. The molecule has 1 aromatic rings. The Labute approximate surface area is 174 Å². The van der Waals surface area contributed by atoms with Gasteiger partial charge in [0.05, 0.1) is 23.5 Å². The van der Waals surface area contributed by atoms with E-state index in [1.54, 1.807) is 0 Å². The molecule has 1 aromatic heterocycles. The number of carbonyl (C=O) groups is 3. The number of aliphatic carboxylic acids is 1. The molecule has 29 heavy (non-hydrogen) atoms. The highest BCUT2D eigenvalue weighted by atomic mass is 32.1. The second-order valence-corrected chi connectivity index (χ2v) is 9.47. The number of aryl methyl sites for hydroxylation is 1. The van der Waals surface area contributed by atoms with Gasteiger partial charge in [-0.3, -0.25) is 9.59 Å². The molecule has 0 unspecified atom stereocenters. The van der Waals surface area contributed by atoms with Crippen molar-refractivity contribution in [1.82, 2.24) is 0 Å². The normalized spacial score (nSPS) is 28.1. The molecular weight excluding hydrogens is 390 g/mol. The maximum atomic E-state index is 13.1. The summed E-state index contributed by atoms with van der Waals surface area (Å²) in [7, 11) is 0. The van der Waals surface area contributed by atoms with Gasteiger partial charge in [-0.25, -0.2) is 4.79 Å². The van der Waals surface area contributed by atoms with E-state index >= 15 is 0 Å². The Hall–Kier alpha value is -2.15. The van der Waals surface area contributed by atoms with Crippen LogP contribution in [0.1, 0.15) is 60.3 Å². The molecule has 0 aromatic carbocycles. The van der Waals surface area contributed by atoms with Gasteiger partial charge in [-0.05, 0) is 62.8 Å². The Morgan fingerprint density at radius 3 is 2.59 bits per heavy atom. The Bertz CT molecular complexity index is 873. The number of thiophene rings is 1. The molecule has 7 heteroatoms. The number of amides is 1. The van der Waals surface area contributed by atoms with Crippen LogP contribution in [0, 0.1) is 23.7 Å². The summed E-state index contributed by atoms with van der Waals surface area (Å²) >= 11 is 1.44. The summed E-state index contributed by atoms with van der Waals surface area (Å²) in [5, 5.41) is 13.1. The maximum absolute atomic E-state index is 13.1. The Balaban J connectivity index is 1.62. The third kappa shape index (κ3) is 3.61. The van der Waals surface area contributed by atoms with Crippen LogP contribution in [-0.2, 0) is 27.2 Å². The molecule has 1 saturated carbocycles. The van der Waals surface area contributed by atoms with Crippen LogP contribution in [0.25, 0.3) is 0 Å². The van der Waals surface area contributed by atoms with Gasteiger partial charge in [0, 0.05) is 4.88 Å². The molecule has 1 fully saturated rings. The fourth-order valence-electron chi connectivity index (χ4n) is 4.91. The molecule has 0 spiro atoms. The van der Waals surface area contributed by atoms with Gasteiger partial charge in [0.25, 0.3) is 0 Å².